The molecule has 0 spiro atoms. The predicted molar refractivity (Wildman–Crippen MR) is 116 cm³/mol. The molecule has 1 aliphatic rings. The van der Waals surface area contributed by atoms with E-state index in [4.69, 9.17) is 4.74 Å². The van der Waals surface area contributed by atoms with Gasteiger partial charge in [-0.05, 0) is 61.4 Å². The minimum Gasteiger partial charge on any atom is -0.451 e. The molecular weight excluding hydrogens is 424 g/mol. The SMILES string of the molecule is Cc1ccc(S(=O)(=O)N(C)C)cc1NC(=O)COC(=O)c1cc2c(s1)CC[C@@H](C)C2. The smallest absolute Gasteiger partial charge is 0.348 e. The molecule has 0 radical (unpaired) electrons. The zero-order valence-corrected chi connectivity index (χ0v) is 19.2. The highest BCUT2D eigenvalue weighted by atomic mass is 32.2. The van der Waals surface area contributed by atoms with Crippen molar-refractivity contribution in [2.75, 3.05) is 26.0 Å². The van der Waals surface area contributed by atoms with Gasteiger partial charge in [0.2, 0.25) is 10.0 Å². The van der Waals surface area contributed by atoms with Gasteiger partial charge in [-0.3, -0.25) is 4.79 Å². The number of anilines is 1. The number of esters is 1. The second-order valence-corrected chi connectivity index (χ2v) is 11.1. The summed E-state index contributed by atoms with van der Waals surface area (Å²) >= 11 is 1.43. The fraction of sp³-hybridized carbons (Fsp3) is 0.429. The Bertz CT molecular complexity index is 1070. The highest BCUT2D eigenvalue weighted by Crippen LogP contribution is 2.32. The van der Waals surface area contributed by atoms with Crippen molar-refractivity contribution in [2.24, 2.45) is 5.92 Å². The Hall–Kier alpha value is -2.23. The van der Waals surface area contributed by atoms with Gasteiger partial charge in [0.1, 0.15) is 4.88 Å². The molecule has 1 atom stereocenters. The van der Waals surface area contributed by atoms with E-state index in [2.05, 4.69) is 12.2 Å². The number of nitrogens with zero attached hydrogens (tertiary/aromatic N) is 1. The minimum absolute atomic E-state index is 0.0730. The maximum absolute atomic E-state index is 12.4. The number of nitrogens with one attached hydrogen (secondary N) is 1. The normalized spacial score (nSPS) is 16.2. The molecule has 0 aliphatic heterocycles. The standard InChI is InChI=1S/C21H26N2O5S2/c1-13-5-8-18-15(9-13)10-19(29-18)21(25)28-12-20(24)22-17-11-16(7-6-14(17)2)30(26,27)23(3)4/h6-7,10-11,13H,5,8-9,12H2,1-4H3,(H,22,24)/t13-/m1/s1. The molecule has 1 aromatic heterocycles. The van der Waals surface area contributed by atoms with Gasteiger partial charge in [0, 0.05) is 24.7 Å². The topological polar surface area (TPSA) is 92.8 Å². The first-order valence-corrected chi connectivity index (χ1v) is 12.0. The van der Waals surface area contributed by atoms with Crippen LogP contribution in [0.4, 0.5) is 5.69 Å². The molecule has 0 unspecified atom stereocenters. The van der Waals surface area contributed by atoms with Crippen LogP contribution in [0.25, 0.3) is 0 Å². The third-order valence-corrected chi connectivity index (χ3v) is 8.15. The van der Waals surface area contributed by atoms with Gasteiger partial charge in [0.15, 0.2) is 6.61 Å². The number of carbonyl (C=O) groups is 2. The quantitative estimate of drug-likeness (QED) is 0.682. The van der Waals surface area contributed by atoms with Gasteiger partial charge < -0.3 is 10.1 Å². The van der Waals surface area contributed by atoms with Crippen LogP contribution in [-0.2, 0) is 32.4 Å². The van der Waals surface area contributed by atoms with E-state index < -0.39 is 28.5 Å². The summed E-state index contributed by atoms with van der Waals surface area (Å²) in [6.07, 6.45) is 3.05. The molecule has 1 aromatic carbocycles. The molecule has 30 heavy (non-hydrogen) atoms. The first-order chi connectivity index (χ1) is 14.1. The van der Waals surface area contributed by atoms with E-state index in [9.17, 15) is 18.0 Å². The molecule has 1 N–H and O–H groups in total. The van der Waals surface area contributed by atoms with E-state index >= 15 is 0 Å². The monoisotopic (exact) mass is 450 g/mol. The summed E-state index contributed by atoms with van der Waals surface area (Å²) in [7, 11) is -0.741. The van der Waals surface area contributed by atoms with Crippen LogP contribution in [0.15, 0.2) is 29.2 Å². The Kier molecular flexibility index (Phi) is 6.64. The highest BCUT2D eigenvalue weighted by molar-refractivity contribution is 7.89. The molecule has 0 fully saturated rings. The maximum atomic E-state index is 12.4. The zero-order chi connectivity index (χ0) is 22.1. The Labute approximate surface area is 181 Å². The van der Waals surface area contributed by atoms with Crippen LogP contribution in [0.2, 0.25) is 0 Å². The lowest BCUT2D eigenvalue weighted by molar-refractivity contribution is -0.119. The second-order valence-electron chi connectivity index (χ2n) is 7.80. The first kappa shape index (κ1) is 22.5. The molecule has 3 rings (SSSR count). The van der Waals surface area contributed by atoms with Crippen molar-refractivity contribution in [2.45, 2.75) is 38.0 Å². The third-order valence-electron chi connectivity index (χ3n) is 5.13. The Balaban J connectivity index is 1.63. The van der Waals surface area contributed by atoms with Crippen molar-refractivity contribution < 1.29 is 22.7 Å². The molecule has 1 aliphatic carbocycles. The number of hydrogen-bond acceptors (Lipinski definition) is 6. The summed E-state index contributed by atoms with van der Waals surface area (Å²) < 4.78 is 30.9. The van der Waals surface area contributed by atoms with Crippen molar-refractivity contribution in [3.63, 3.8) is 0 Å². The summed E-state index contributed by atoms with van der Waals surface area (Å²) in [5.74, 6) is -0.435. The van der Waals surface area contributed by atoms with E-state index in [0.717, 1.165) is 23.6 Å². The molecule has 162 valence electrons. The Morgan fingerprint density at radius 2 is 2.00 bits per heavy atom. The van der Waals surface area contributed by atoms with Crippen molar-refractivity contribution in [1.29, 1.82) is 0 Å². The van der Waals surface area contributed by atoms with Gasteiger partial charge in [0.05, 0.1) is 4.90 Å². The van der Waals surface area contributed by atoms with E-state index in [1.165, 1.54) is 48.0 Å². The van der Waals surface area contributed by atoms with Crippen LogP contribution >= 0.6 is 11.3 Å². The largest absolute Gasteiger partial charge is 0.451 e. The van der Waals surface area contributed by atoms with Crippen molar-refractivity contribution in [3.05, 3.63) is 45.1 Å². The summed E-state index contributed by atoms with van der Waals surface area (Å²) in [4.78, 5) is 26.4. The van der Waals surface area contributed by atoms with Gasteiger partial charge in [0.25, 0.3) is 5.91 Å². The molecule has 7 nitrogen and oxygen atoms in total. The third kappa shape index (κ3) is 4.91. The average Bonchev–Trinajstić information content (AvgIpc) is 3.10. The molecule has 1 amide bonds. The van der Waals surface area contributed by atoms with Crippen LogP contribution in [0.1, 0.15) is 39.0 Å². The number of aryl methyl sites for hydroxylation is 2. The molecule has 0 saturated carbocycles. The van der Waals surface area contributed by atoms with Crippen LogP contribution in [0.3, 0.4) is 0 Å². The summed E-state index contributed by atoms with van der Waals surface area (Å²) in [5, 5.41) is 2.63. The molecule has 0 saturated heterocycles. The number of hydrogen-bond donors (Lipinski definition) is 1. The summed E-state index contributed by atoms with van der Waals surface area (Å²) in [6.45, 7) is 3.51. The summed E-state index contributed by atoms with van der Waals surface area (Å²) in [5.41, 5.74) is 2.26. The van der Waals surface area contributed by atoms with Gasteiger partial charge in [-0.1, -0.05) is 13.0 Å². The van der Waals surface area contributed by atoms with Crippen LogP contribution < -0.4 is 5.32 Å². The van der Waals surface area contributed by atoms with Crippen molar-refractivity contribution in [3.8, 4) is 0 Å². The number of ether oxygens (including phenoxy) is 1. The number of fused-ring (bicyclic) bond motifs is 1. The van der Waals surface area contributed by atoms with Crippen molar-refractivity contribution >= 4 is 38.9 Å². The van der Waals surface area contributed by atoms with E-state index in [1.54, 1.807) is 13.0 Å². The lowest BCUT2D eigenvalue weighted by atomic mass is 9.90. The fourth-order valence-corrected chi connectivity index (χ4v) is 5.33. The summed E-state index contributed by atoms with van der Waals surface area (Å²) in [6, 6.07) is 6.38. The number of sulfonamides is 1. The van der Waals surface area contributed by atoms with Crippen LogP contribution in [-0.4, -0.2) is 45.3 Å². The molecule has 9 heteroatoms. The lowest BCUT2D eigenvalue weighted by Gasteiger charge is -2.16. The van der Waals surface area contributed by atoms with Gasteiger partial charge in [-0.15, -0.1) is 11.3 Å². The van der Waals surface area contributed by atoms with Crippen LogP contribution in [0, 0.1) is 12.8 Å². The number of carbonyl (C=O) groups excluding carboxylic acids is 2. The van der Waals surface area contributed by atoms with Crippen LogP contribution in [0.5, 0.6) is 0 Å². The highest BCUT2D eigenvalue weighted by Gasteiger charge is 2.22. The first-order valence-electron chi connectivity index (χ1n) is 9.69. The van der Waals surface area contributed by atoms with Gasteiger partial charge >= 0.3 is 5.97 Å². The van der Waals surface area contributed by atoms with Gasteiger partial charge in [-0.2, -0.15) is 0 Å². The molecule has 0 bridgehead atoms. The minimum atomic E-state index is -3.62. The lowest BCUT2D eigenvalue weighted by Crippen LogP contribution is -2.23. The van der Waals surface area contributed by atoms with Crippen molar-refractivity contribution in [1.82, 2.24) is 4.31 Å². The fourth-order valence-electron chi connectivity index (χ4n) is 3.30. The van der Waals surface area contributed by atoms with E-state index in [-0.39, 0.29) is 4.90 Å². The number of benzene rings is 1. The second kappa shape index (κ2) is 8.87. The molecule has 1 heterocycles. The Morgan fingerprint density at radius 3 is 2.70 bits per heavy atom. The maximum Gasteiger partial charge on any atom is 0.348 e. The predicted octanol–water partition coefficient (Wildman–Crippen LogP) is 3.23. The average molecular weight is 451 g/mol. The number of thiophene rings is 1. The van der Waals surface area contributed by atoms with E-state index in [0.29, 0.717) is 22.0 Å². The van der Waals surface area contributed by atoms with E-state index in [1.807, 2.05) is 6.07 Å². The Morgan fingerprint density at radius 1 is 1.27 bits per heavy atom. The number of rotatable bonds is 6. The molecule has 2 aromatic rings. The zero-order valence-electron chi connectivity index (χ0n) is 17.5. The van der Waals surface area contributed by atoms with Gasteiger partial charge in [-0.25, -0.2) is 17.5 Å². The number of amides is 1. The molecular formula is C21H26N2O5S2.